The van der Waals surface area contributed by atoms with Crippen LogP contribution in [0.3, 0.4) is 0 Å². The van der Waals surface area contributed by atoms with E-state index < -0.39 is 21.8 Å². The minimum atomic E-state index is -4.45. The molecule has 0 unspecified atom stereocenters. The van der Waals surface area contributed by atoms with Crippen LogP contribution in [-0.2, 0) is 16.2 Å². The van der Waals surface area contributed by atoms with E-state index in [1.165, 1.54) is 48.7 Å². The lowest BCUT2D eigenvalue weighted by Crippen LogP contribution is -2.18. The van der Waals surface area contributed by atoms with Gasteiger partial charge in [-0.15, -0.1) is 11.3 Å². The Labute approximate surface area is 173 Å². The van der Waals surface area contributed by atoms with Crippen molar-refractivity contribution in [3.8, 4) is 22.8 Å². The summed E-state index contributed by atoms with van der Waals surface area (Å²) in [5.74, 6) is 0.435. The van der Waals surface area contributed by atoms with Crippen LogP contribution < -0.4 is 9.46 Å². The van der Waals surface area contributed by atoms with Gasteiger partial charge in [0.05, 0.1) is 16.2 Å². The van der Waals surface area contributed by atoms with Crippen LogP contribution in [0.25, 0.3) is 16.2 Å². The molecule has 6 nitrogen and oxygen atoms in total. The maximum Gasteiger partial charge on any atom is 0.416 e. The van der Waals surface area contributed by atoms with Gasteiger partial charge in [-0.3, -0.25) is 4.40 Å². The highest BCUT2D eigenvalue weighted by Gasteiger charge is 2.30. The van der Waals surface area contributed by atoms with Gasteiger partial charge >= 0.3 is 6.18 Å². The van der Waals surface area contributed by atoms with Crippen molar-refractivity contribution in [2.75, 3.05) is 7.05 Å². The number of ether oxygens (including phenoxy) is 1. The zero-order chi connectivity index (χ0) is 21.5. The van der Waals surface area contributed by atoms with E-state index in [-0.39, 0.29) is 16.4 Å². The Morgan fingerprint density at radius 3 is 2.50 bits per heavy atom. The first-order chi connectivity index (χ1) is 14.2. The summed E-state index contributed by atoms with van der Waals surface area (Å²) in [5, 5.41) is 1.85. The van der Waals surface area contributed by atoms with Crippen LogP contribution in [0.4, 0.5) is 13.2 Å². The van der Waals surface area contributed by atoms with Crippen LogP contribution >= 0.6 is 11.3 Å². The number of hydrogen-bond donors (Lipinski definition) is 1. The molecule has 2 heterocycles. The molecule has 0 aliphatic rings. The van der Waals surface area contributed by atoms with E-state index in [4.69, 9.17) is 4.74 Å². The molecule has 0 saturated heterocycles. The fraction of sp³-hybridized carbons (Fsp3) is 0.105. The van der Waals surface area contributed by atoms with Gasteiger partial charge in [-0.1, -0.05) is 0 Å². The van der Waals surface area contributed by atoms with Gasteiger partial charge < -0.3 is 4.74 Å². The molecule has 0 bridgehead atoms. The predicted molar refractivity (Wildman–Crippen MR) is 106 cm³/mol. The fourth-order valence-corrected chi connectivity index (χ4v) is 4.24. The first-order valence-corrected chi connectivity index (χ1v) is 10.9. The number of rotatable bonds is 5. The van der Waals surface area contributed by atoms with Crippen molar-refractivity contribution in [3.63, 3.8) is 0 Å². The molecule has 11 heteroatoms. The van der Waals surface area contributed by atoms with Crippen molar-refractivity contribution in [2.24, 2.45) is 0 Å². The molecule has 1 N–H and O–H groups in total. The maximum absolute atomic E-state index is 12.8. The number of benzene rings is 2. The molecule has 156 valence electrons. The zero-order valence-corrected chi connectivity index (χ0v) is 17.0. The van der Waals surface area contributed by atoms with Gasteiger partial charge in [-0.25, -0.2) is 18.1 Å². The number of nitrogens with one attached hydrogen (secondary N) is 1. The highest BCUT2D eigenvalue weighted by Crippen LogP contribution is 2.36. The molecule has 2 aromatic carbocycles. The summed E-state index contributed by atoms with van der Waals surface area (Å²) in [6.07, 6.45) is -0.924. The summed E-state index contributed by atoms with van der Waals surface area (Å²) in [6.45, 7) is 0. The van der Waals surface area contributed by atoms with Gasteiger partial charge in [0.1, 0.15) is 11.5 Å². The summed E-state index contributed by atoms with van der Waals surface area (Å²) >= 11 is 1.40. The first-order valence-electron chi connectivity index (χ1n) is 8.53. The lowest BCUT2D eigenvalue weighted by atomic mass is 10.1. The minimum Gasteiger partial charge on any atom is -0.457 e. The Hall–Kier alpha value is -2.89. The number of nitrogens with zero attached hydrogens (tertiary/aromatic N) is 2. The van der Waals surface area contributed by atoms with E-state index in [0.29, 0.717) is 16.2 Å². The summed E-state index contributed by atoms with van der Waals surface area (Å²) in [7, 11) is -2.42. The largest absolute Gasteiger partial charge is 0.457 e. The van der Waals surface area contributed by atoms with Gasteiger partial charge in [-0.05, 0) is 49.5 Å². The Morgan fingerprint density at radius 2 is 1.87 bits per heavy atom. The first kappa shape index (κ1) is 20.4. The van der Waals surface area contributed by atoms with E-state index >= 15 is 0 Å². The number of thiazole rings is 1. The number of imidazole rings is 1. The van der Waals surface area contributed by atoms with Gasteiger partial charge in [-0.2, -0.15) is 13.2 Å². The maximum atomic E-state index is 12.8. The quantitative estimate of drug-likeness (QED) is 0.472. The van der Waals surface area contributed by atoms with E-state index in [2.05, 4.69) is 9.71 Å². The second-order valence-electron chi connectivity index (χ2n) is 6.21. The molecule has 0 atom stereocenters. The minimum absolute atomic E-state index is 0.0103. The third kappa shape index (κ3) is 3.91. The highest BCUT2D eigenvalue weighted by molar-refractivity contribution is 7.89. The molecular weight excluding hydrogens is 439 g/mol. The van der Waals surface area contributed by atoms with Crippen molar-refractivity contribution in [1.82, 2.24) is 14.1 Å². The van der Waals surface area contributed by atoms with Crippen LogP contribution in [0.5, 0.6) is 11.5 Å². The molecule has 0 fully saturated rings. The molecule has 0 aliphatic carbocycles. The molecule has 0 spiro atoms. The van der Waals surface area contributed by atoms with Crippen LogP contribution in [-0.4, -0.2) is 24.9 Å². The number of alkyl halides is 3. The van der Waals surface area contributed by atoms with Crippen LogP contribution in [0.2, 0.25) is 0 Å². The second kappa shape index (κ2) is 7.42. The molecule has 4 aromatic rings. The normalized spacial score (nSPS) is 12.4. The summed E-state index contributed by atoms with van der Waals surface area (Å²) < 4.78 is 72.6. The van der Waals surface area contributed by atoms with Crippen molar-refractivity contribution in [2.45, 2.75) is 11.1 Å². The van der Waals surface area contributed by atoms with Gasteiger partial charge in [0.25, 0.3) is 0 Å². The molecule has 0 radical (unpaired) electrons. The number of sulfonamides is 1. The lowest BCUT2D eigenvalue weighted by molar-refractivity contribution is -0.137. The van der Waals surface area contributed by atoms with Crippen LogP contribution in [0.15, 0.2) is 65.1 Å². The predicted octanol–water partition coefficient (Wildman–Crippen LogP) is 4.78. The van der Waals surface area contributed by atoms with E-state index in [1.807, 2.05) is 5.38 Å². The molecule has 0 amide bonds. The fourth-order valence-electron chi connectivity index (χ4n) is 2.78. The molecule has 4 rings (SSSR count). The summed E-state index contributed by atoms with van der Waals surface area (Å²) in [5.41, 5.74) is 0.0684. The second-order valence-corrected chi connectivity index (χ2v) is 8.97. The lowest BCUT2D eigenvalue weighted by Gasteiger charge is -2.13. The third-order valence-corrected chi connectivity index (χ3v) is 6.49. The van der Waals surface area contributed by atoms with E-state index in [9.17, 15) is 21.6 Å². The molecule has 0 saturated carbocycles. The number of aromatic nitrogens is 2. The molecule has 0 aliphatic heterocycles. The number of halogens is 3. The van der Waals surface area contributed by atoms with Crippen LogP contribution in [0.1, 0.15) is 5.56 Å². The Bertz CT molecular complexity index is 1280. The van der Waals surface area contributed by atoms with Crippen molar-refractivity contribution in [1.29, 1.82) is 0 Å². The zero-order valence-electron chi connectivity index (χ0n) is 15.3. The SMILES string of the molecule is CNS(=O)(=O)c1ccc(Oc2ccc(C(F)(F)F)cc2)c(-c2cn3ccsc3n2)c1. The standard InChI is InChI=1S/C19H14F3N3O3S2/c1-23-30(26,27)14-6-7-17(28-13-4-2-12(3-5-13)19(20,21)22)15(10-14)16-11-25-8-9-29-18(25)24-16/h2-11,23H,1H3. The highest BCUT2D eigenvalue weighted by atomic mass is 32.2. The Kier molecular flexibility index (Phi) is 5.04. The third-order valence-electron chi connectivity index (χ3n) is 4.31. The smallest absolute Gasteiger partial charge is 0.416 e. The van der Waals surface area contributed by atoms with Crippen molar-refractivity contribution in [3.05, 3.63) is 65.8 Å². The van der Waals surface area contributed by atoms with Gasteiger partial charge in [0, 0.05) is 23.3 Å². The molecule has 2 aromatic heterocycles. The molecule has 30 heavy (non-hydrogen) atoms. The van der Waals surface area contributed by atoms with Gasteiger partial charge in [0.15, 0.2) is 4.96 Å². The Morgan fingerprint density at radius 1 is 1.13 bits per heavy atom. The van der Waals surface area contributed by atoms with E-state index in [0.717, 1.165) is 12.1 Å². The van der Waals surface area contributed by atoms with Crippen molar-refractivity contribution >= 4 is 26.3 Å². The summed E-state index contributed by atoms with van der Waals surface area (Å²) in [4.78, 5) is 5.19. The monoisotopic (exact) mass is 453 g/mol. The average Bonchev–Trinajstić information content (AvgIpc) is 3.30. The van der Waals surface area contributed by atoms with E-state index in [1.54, 1.807) is 16.8 Å². The van der Waals surface area contributed by atoms with Crippen molar-refractivity contribution < 1.29 is 26.3 Å². The van der Waals surface area contributed by atoms with Crippen LogP contribution in [0, 0.1) is 0 Å². The number of fused-ring (bicyclic) bond motifs is 1. The number of hydrogen-bond acceptors (Lipinski definition) is 5. The topological polar surface area (TPSA) is 72.7 Å². The molecular formula is C19H14F3N3O3S2. The summed E-state index contributed by atoms with van der Waals surface area (Å²) in [6, 6.07) is 8.46. The van der Waals surface area contributed by atoms with Gasteiger partial charge in [0.2, 0.25) is 10.0 Å². The average molecular weight is 453 g/mol. The Balaban J connectivity index is 1.77.